The third-order valence-electron chi connectivity index (χ3n) is 1.55. The summed E-state index contributed by atoms with van der Waals surface area (Å²) in [5, 5.41) is 2.93. The third-order valence-corrected chi connectivity index (χ3v) is 1.55. The van der Waals surface area contributed by atoms with Crippen LogP contribution in [-0.2, 0) is 6.42 Å². The van der Waals surface area contributed by atoms with Gasteiger partial charge < -0.3 is 0 Å². The number of hydrogen-bond donors (Lipinski definition) is 0. The van der Waals surface area contributed by atoms with Gasteiger partial charge in [0.05, 0.1) is 6.04 Å². The third kappa shape index (κ3) is 2.50. The Labute approximate surface area is 66.2 Å². The highest BCUT2D eigenvalue weighted by molar-refractivity contribution is 5.15. The summed E-state index contributed by atoms with van der Waals surface area (Å²) < 4.78 is 0. The Balaban J connectivity index is 2.57. The van der Waals surface area contributed by atoms with Crippen LogP contribution in [0.4, 0.5) is 0 Å². The van der Waals surface area contributed by atoms with Crippen LogP contribution in [0, 0.1) is 4.91 Å². The van der Waals surface area contributed by atoms with Crippen molar-refractivity contribution in [2.45, 2.75) is 19.4 Å². The number of rotatable bonds is 3. The summed E-state index contributed by atoms with van der Waals surface area (Å²) in [5.74, 6) is 0. The van der Waals surface area contributed by atoms with Crippen LogP contribution in [0.15, 0.2) is 35.5 Å². The molecular formula is C9H11NO. The topological polar surface area (TPSA) is 29.4 Å². The summed E-state index contributed by atoms with van der Waals surface area (Å²) in [6.07, 6.45) is 0.740. The molecule has 0 aliphatic rings. The highest BCUT2D eigenvalue weighted by atomic mass is 16.3. The van der Waals surface area contributed by atoms with Crippen molar-refractivity contribution in [1.82, 2.24) is 0 Å². The molecule has 0 amide bonds. The Hall–Kier alpha value is -1.18. The Morgan fingerprint density at radius 2 is 2.00 bits per heavy atom. The van der Waals surface area contributed by atoms with Gasteiger partial charge in [-0.15, -0.1) is 0 Å². The van der Waals surface area contributed by atoms with Crippen LogP contribution in [0.25, 0.3) is 0 Å². The molecule has 1 rings (SSSR count). The molecule has 0 heterocycles. The van der Waals surface area contributed by atoms with Crippen LogP contribution in [-0.4, -0.2) is 6.04 Å². The Kier molecular flexibility index (Phi) is 2.78. The fraction of sp³-hybridized carbons (Fsp3) is 0.333. The Bertz CT molecular complexity index is 220. The van der Waals surface area contributed by atoms with Crippen LogP contribution >= 0.6 is 0 Å². The lowest BCUT2D eigenvalue weighted by Crippen LogP contribution is -2.00. The van der Waals surface area contributed by atoms with Crippen LogP contribution in [0.3, 0.4) is 0 Å². The monoisotopic (exact) mass is 149 g/mol. The molecule has 1 aromatic rings. The summed E-state index contributed by atoms with van der Waals surface area (Å²) in [7, 11) is 0. The van der Waals surface area contributed by atoms with E-state index in [0.29, 0.717) is 0 Å². The normalized spacial score (nSPS) is 12.5. The van der Waals surface area contributed by atoms with E-state index in [4.69, 9.17) is 0 Å². The van der Waals surface area contributed by atoms with Gasteiger partial charge in [0.1, 0.15) is 0 Å². The highest BCUT2D eigenvalue weighted by Gasteiger charge is 2.00. The molecular weight excluding hydrogens is 138 g/mol. The van der Waals surface area contributed by atoms with Gasteiger partial charge >= 0.3 is 0 Å². The lowest BCUT2D eigenvalue weighted by molar-refractivity contribution is 0.734. The fourth-order valence-electron chi connectivity index (χ4n) is 0.992. The molecule has 0 bridgehead atoms. The van der Waals surface area contributed by atoms with E-state index in [9.17, 15) is 4.91 Å². The average Bonchev–Trinajstić information content (AvgIpc) is 2.06. The van der Waals surface area contributed by atoms with Crippen molar-refractivity contribution in [2.24, 2.45) is 5.18 Å². The minimum Gasteiger partial charge on any atom is -0.151 e. The van der Waals surface area contributed by atoms with Gasteiger partial charge in [-0.25, -0.2) is 0 Å². The van der Waals surface area contributed by atoms with E-state index < -0.39 is 0 Å². The van der Waals surface area contributed by atoms with E-state index in [1.54, 1.807) is 0 Å². The molecule has 2 nitrogen and oxygen atoms in total. The van der Waals surface area contributed by atoms with Gasteiger partial charge in [0.2, 0.25) is 0 Å². The van der Waals surface area contributed by atoms with Crippen molar-refractivity contribution in [3.05, 3.63) is 40.8 Å². The van der Waals surface area contributed by atoms with E-state index in [0.717, 1.165) is 6.42 Å². The van der Waals surface area contributed by atoms with Gasteiger partial charge in [-0.2, -0.15) is 4.91 Å². The van der Waals surface area contributed by atoms with Gasteiger partial charge in [-0.05, 0) is 18.9 Å². The van der Waals surface area contributed by atoms with Gasteiger partial charge in [0.25, 0.3) is 0 Å². The lowest BCUT2D eigenvalue weighted by Gasteiger charge is -2.00. The van der Waals surface area contributed by atoms with Crippen molar-refractivity contribution in [3.63, 3.8) is 0 Å². The highest BCUT2D eigenvalue weighted by Crippen LogP contribution is 2.04. The van der Waals surface area contributed by atoms with Crippen LogP contribution < -0.4 is 0 Å². The first kappa shape index (κ1) is 7.92. The Morgan fingerprint density at radius 1 is 1.36 bits per heavy atom. The molecule has 1 aromatic carbocycles. The van der Waals surface area contributed by atoms with Crippen LogP contribution in [0.5, 0.6) is 0 Å². The lowest BCUT2D eigenvalue weighted by atomic mass is 10.1. The zero-order valence-electron chi connectivity index (χ0n) is 6.53. The molecule has 0 aliphatic carbocycles. The Morgan fingerprint density at radius 3 is 2.55 bits per heavy atom. The van der Waals surface area contributed by atoms with E-state index in [1.165, 1.54) is 5.56 Å². The molecule has 0 radical (unpaired) electrons. The standard InChI is InChI=1S/C9H11NO/c1-8(10-11)7-9-5-3-2-4-6-9/h2-6,8H,7H2,1H3/t8-/m1/s1. The maximum Gasteiger partial charge on any atom is 0.0931 e. The maximum atomic E-state index is 10.1. The van der Waals surface area contributed by atoms with Crippen LogP contribution in [0.2, 0.25) is 0 Å². The number of benzene rings is 1. The maximum absolute atomic E-state index is 10.1. The molecule has 11 heavy (non-hydrogen) atoms. The van der Waals surface area contributed by atoms with Gasteiger partial charge in [0, 0.05) is 0 Å². The van der Waals surface area contributed by atoms with Gasteiger partial charge in [-0.1, -0.05) is 35.5 Å². The predicted molar refractivity (Wildman–Crippen MR) is 45.4 cm³/mol. The van der Waals surface area contributed by atoms with Crippen molar-refractivity contribution >= 4 is 0 Å². The van der Waals surface area contributed by atoms with Crippen molar-refractivity contribution in [2.75, 3.05) is 0 Å². The minimum atomic E-state index is -0.114. The van der Waals surface area contributed by atoms with Crippen molar-refractivity contribution in [1.29, 1.82) is 0 Å². The molecule has 0 aromatic heterocycles. The summed E-state index contributed by atoms with van der Waals surface area (Å²) in [4.78, 5) is 10.1. The number of nitroso groups, excluding NO2 is 1. The molecule has 2 heteroatoms. The molecule has 0 N–H and O–H groups in total. The van der Waals surface area contributed by atoms with Crippen molar-refractivity contribution < 1.29 is 0 Å². The van der Waals surface area contributed by atoms with Crippen LogP contribution in [0.1, 0.15) is 12.5 Å². The second kappa shape index (κ2) is 3.86. The van der Waals surface area contributed by atoms with E-state index >= 15 is 0 Å². The summed E-state index contributed by atoms with van der Waals surface area (Å²) in [5.41, 5.74) is 1.17. The van der Waals surface area contributed by atoms with Gasteiger partial charge in [-0.3, -0.25) is 0 Å². The first-order valence-electron chi connectivity index (χ1n) is 3.69. The molecule has 0 spiro atoms. The summed E-state index contributed by atoms with van der Waals surface area (Å²) in [6, 6.07) is 9.78. The molecule has 0 aliphatic heterocycles. The predicted octanol–water partition coefficient (Wildman–Crippen LogP) is 2.38. The number of hydrogen-bond acceptors (Lipinski definition) is 2. The summed E-state index contributed by atoms with van der Waals surface area (Å²) in [6.45, 7) is 1.82. The number of nitrogens with zero attached hydrogens (tertiary/aromatic N) is 1. The smallest absolute Gasteiger partial charge is 0.0931 e. The van der Waals surface area contributed by atoms with Crippen molar-refractivity contribution in [3.8, 4) is 0 Å². The molecule has 0 saturated carbocycles. The molecule has 0 unspecified atom stereocenters. The molecule has 0 fully saturated rings. The quantitative estimate of drug-likeness (QED) is 0.607. The van der Waals surface area contributed by atoms with E-state index in [1.807, 2.05) is 37.3 Å². The van der Waals surface area contributed by atoms with E-state index in [2.05, 4.69) is 5.18 Å². The largest absolute Gasteiger partial charge is 0.151 e. The second-order valence-electron chi connectivity index (χ2n) is 2.64. The molecule has 1 atom stereocenters. The SMILES string of the molecule is C[C@H](Cc1ccccc1)N=O. The first-order chi connectivity index (χ1) is 5.33. The minimum absolute atomic E-state index is 0.114. The van der Waals surface area contributed by atoms with E-state index in [-0.39, 0.29) is 6.04 Å². The summed E-state index contributed by atoms with van der Waals surface area (Å²) >= 11 is 0. The molecule has 58 valence electrons. The zero-order chi connectivity index (χ0) is 8.10. The first-order valence-corrected chi connectivity index (χ1v) is 3.69. The van der Waals surface area contributed by atoms with Gasteiger partial charge in [0.15, 0.2) is 0 Å². The average molecular weight is 149 g/mol. The second-order valence-corrected chi connectivity index (χ2v) is 2.64. The molecule has 0 saturated heterocycles. The fourth-order valence-corrected chi connectivity index (χ4v) is 0.992. The zero-order valence-corrected chi connectivity index (χ0v) is 6.53.